The Labute approximate surface area is 187 Å². The molecule has 1 aromatic heterocycles. The average molecular weight is 447 g/mol. The van der Waals surface area contributed by atoms with Crippen molar-refractivity contribution in [2.24, 2.45) is 0 Å². The fourth-order valence-corrected chi connectivity index (χ4v) is 3.95. The molecule has 1 N–H and O–H groups in total. The molecule has 2 heterocycles. The predicted molar refractivity (Wildman–Crippen MR) is 123 cm³/mol. The number of fused-ring (bicyclic) bond motifs is 1. The number of nitrogens with one attached hydrogen (secondary N) is 1. The number of nitrogens with zero attached hydrogens (tertiary/aromatic N) is 2. The van der Waals surface area contributed by atoms with Gasteiger partial charge in [0, 0.05) is 24.6 Å². The number of imide groups is 1. The number of hydrogen-bond acceptors (Lipinski definition) is 5. The van der Waals surface area contributed by atoms with E-state index in [-0.39, 0.29) is 29.7 Å². The van der Waals surface area contributed by atoms with Crippen LogP contribution in [0.15, 0.2) is 71.6 Å². The third-order valence-electron chi connectivity index (χ3n) is 4.70. The fourth-order valence-electron chi connectivity index (χ4n) is 3.09. The summed E-state index contributed by atoms with van der Waals surface area (Å²) in [5, 5.41) is 3.26. The van der Waals surface area contributed by atoms with E-state index in [0.29, 0.717) is 11.3 Å². The number of carbonyl (C=O) groups is 3. The Morgan fingerprint density at radius 3 is 2.66 bits per heavy atom. The molecule has 3 amide bonds. The van der Waals surface area contributed by atoms with Crippen LogP contribution in [0.4, 0.5) is 9.18 Å². The van der Waals surface area contributed by atoms with E-state index in [2.05, 4.69) is 10.3 Å². The number of hydrogen-bond donors (Lipinski definition) is 1. The van der Waals surface area contributed by atoms with Gasteiger partial charge < -0.3 is 5.32 Å². The highest BCUT2D eigenvalue weighted by Gasteiger charge is 2.34. The minimum atomic E-state index is -0.436. The Hall–Kier alpha value is -3.78. The van der Waals surface area contributed by atoms with Gasteiger partial charge in [0.2, 0.25) is 5.91 Å². The molecule has 1 fully saturated rings. The lowest BCUT2D eigenvalue weighted by molar-refractivity contribution is -0.123. The molecule has 160 valence electrons. The molecule has 0 saturated carbocycles. The molecule has 6 nitrogen and oxygen atoms in total. The second-order valence-corrected chi connectivity index (χ2v) is 7.93. The van der Waals surface area contributed by atoms with Crippen molar-refractivity contribution in [2.45, 2.75) is 0 Å². The summed E-state index contributed by atoms with van der Waals surface area (Å²) >= 11 is 0.818. The van der Waals surface area contributed by atoms with Crippen molar-refractivity contribution in [1.82, 2.24) is 15.2 Å². The summed E-state index contributed by atoms with van der Waals surface area (Å²) in [6, 6.07) is 17.1. The van der Waals surface area contributed by atoms with Crippen molar-refractivity contribution in [3.63, 3.8) is 0 Å². The molecule has 0 bridgehead atoms. The lowest BCUT2D eigenvalue weighted by atomic mass is 10.2. The number of carbonyl (C=O) groups excluding carboxylic acids is 3. The van der Waals surface area contributed by atoms with Gasteiger partial charge in [-0.25, -0.2) is 9.37 Å². The molecule has 0 unspecified atom stereocenters. The summed E-state index contributed by atoms with van der Waals surface area (Å²) in [4.78, 5) is 42.5. The van der Waals surface area contributed by atoms with Gasteiger partial charge in [0.05, 0.1) is 16.1 Å². The van der Waals surface area contributed by atoms with Gasteiger partial charge in [-0.3, -0.25) is 19.3 Å². The number of thioether (sulfide) groups is 1. The number of pyridine rings is 1. The molecule has 1 aliphatic rings. The molecular weight excluding hydrogens is 429 g/mol. The molecule has 4 rings (SSSR count). The number of para-hydroxylation sites is 1. The van der Waals surface area contributed by atoms with Crippen molar-refractivity contribution in [3.8, 4) is 0 Å². The predicted octanol–water partition coefficient (Wildman–Crippen LogP) is 4.24. The Morgan fingerprint density at radius 2 is 1.84 bits per heavy atom. The molecule has 0 atom stereocenters. The van der Waals surface area contributed by atoms with Gasteiger partial charge in [-0.2, -0.15) is 0 Å². The third kappa shape index (κ3) is 5.09. The quantitative estimate of drug-likeness (QED) is 0.572. The van der Waals surface area contributed by atoms with Crippen molar-refractivity contribution >= 4 is 51.9 Å². The van der Waals surface area contributed by atoms with E-state index in [1.165, 1.54) is 30.3 Å². The first kappa shape index (κ1) is 21.5. The minimum Gasteiger partial charge on any atom is -0.351 e. The van der Waals surface area contributed by atoms with E-state index in [9.17, 15) is 18.8 Å². The molecule has 1 aliphatic heterocycles. The largest absolute Gasteiger partial charge is 0.351 e. The van der Waals surface area contributed by atoms with Crippen LogP contribution in [0.5, 0.6) is 0 Å². The zero-order chi connectivity index (χ0) is 22.5. The van der Waals surface area contributed by atoms with Gasteiger partial charge in [0.1, 0.15) is 5.82 Å². The van der Waals surface area contributed by atoms with E-state index in [1.54, 1.807) is 12.2 Å². The summed E-state index contributed by atoms with van der Waals surface area (Å²) in [6.45, 7) is 0.176. The van der Waals surface area contributed by atoms with Crippen LogP contribution in [0, 0.1) is 5.82 Å². The Kier molecular flexibility index (Phi) is 6.42. The topological polar surface area (TPSA) is 79.4 Å². The average Bonchev–Trinajstić information content (AvgIpc) is 3.06. The van der Waals surface area contributed by atoms with Gasteiger partial charge in [0.25, 0.3) is 11.1 Å². The summed E-state index contributed by atoms with van der Waals surface area (Å²) in [6.07, 6.45) is 4.51. The number of amides is 3. The van der Waals surface area contributed by atoms with Gasteiger partial charge in [0.15, 0.2) is 0 Å². The molecular formula is C24H18FN3O3S. The van der Waals surface area contributed by atoms with E-state index >= 15 is 0 Å². The van der Waals surface area contributed by atoms with E-state index in [1.807, 2.05) is 36.4 Å². The molecule has 8 heteroatoms. The van der Waals surface area contributed by atoms with Crippen LogP contribution in [0.1, 0.15) is 11.3 Å². The van der Waals surface area contributed by atoms with Gasteiger partial charge in [-0.1, -0.05) is 36.4 Å². The molecule has 0 spiro atoms. The lowest BCUT2D eigenvalue weighted by Gasteiger charge is -2.12. The van der Waals surface area contributed by atoms with Crippen LogP contribution in [-0.2, 0) is 9.59 Å². The van der Waals surface area contributed by atoms with E-state index in [0.717, 1.165) is 27.6 Å². The maximum atomic E-state index is 13.0. The van der Waals surface area contributed by atoms with Gasteiger partial charge >= 0.3 is 0 Å². The first-order chi connectivity index (χ1) is 15.5. The number of halogens is 1. The van der Waals surface area contributed by atoms with Crippen molar-refractivity contribution in [1.29, 1.82) is 0 Å². The highest BCUT2D eigenvalue weighted by molar-refractivity contribution is 8.18. The zero-order valence-corrected chi connectivity index (χ0v) is 17.6. The molecule has 1 saturated heterocycles. The first-order valence-corrected chi connectivity index (χ1v) is 10.6. The summed E-state index contributed by atoms with van der Waals surface area (Å²) in [5.74, 6) is -1.17. The van der Waals surface area contributed by atoms with Gasteiger partial charge in [-0.15, -0.1) is 0 Å². The monoisotopic (exact) mass is 447 g/mol. The molecule has 32 heavy (non-hydrogen) atoms. The van der Waals surface area contributed by atoms with Crippen LogP contribution in [0.2, 0.25) is 0 Å². The summed E-state index contributed by atoms with van der Waals surface area (Å²) in [5.41, 5.74) is 2.11. The van der Waals surface area contributed by atoms with Gasteiger partial charge in [-0.05, 0) is 53.7 Å². The van der Waals surface area contributed by atoms with Crippen molar-refractivity contribution < 1.29 is 18.8 Å². The van der Waals surface area contributed by atoms with Crippen LogP contribution in [0.25, 0.3) is 23.1 Å². The number of benzene rings is 2. The second-order valence-electron chi connectivity index (χ2n) is 6.94. The number of rotatable bonds is 6. The normalized spacial score (nSPS) is 15.3. The molecule has 0 radical (unpaired) electrons. The zero-order valence-electron chi connectivity index (χ0n) is 16.8. The van der Waals surface area contributed by atoms with Crippen molar-refractivity contribution in [3.05, 3.63) is 88.7 Å². The maximum absolute atomic E-state index is 13.0. The highest BCUT2D eigenvalue weighted by Crippen LogP contribution is 2.31. The lowest BCUT2D eigenvalue weighted by Crippen LogP contribution is -2.36. The second kappa shape index (κ2) is 9.57. The molecule has 2 aromatic carbocycles. The summed E-state index contributed by atoms with van der Waals surface area (Å²) in [7, 11) is 0. The van der Waals surface area contributed by atoms with E-state index < -0.39 is 11.1 Å². The number of aromatic nitrogens is 1. The Morgan fingerprint density at radius 1 is 1.06 bits per heavy atom. The van der Waals surface area contributed by atoms with E-state index in [4.69, 9.17) is 0 Å². The maximum Gasteiger partial charge on any atom is 0.293 e. The standard InChI is InChI=1S/C24H18FN3O3S/c25-18-8-5-16(6-9-18)15-21-23(30)28(24(31)32-21)14-13-26-22(29)12-11-19-10-7-17-3-1-2-4-20(17)27-19/h1-12,15H,13-14H2,(H,26,29)/b12-11+,21-15+. The fraction of sp³-hybridized carbons (Fsp3) is 0.0833. The first-order valence-electron chi connectivity index (χ1n) is 9.82. The summed E-state index contributed by atoms with van der Waals surface area (Å²) < 4.78 is 13.0. The SMILES string of the molecule is O=C(/C=C/c1ccc2ccccc2n1)NCCN1C(=O)S/C(=C/c2ccc(F)cc2)C1=O. The molecule has 3 aromatic rings. The Balaban J connectivity index is 1.30. The minimum absolute atomic E-state index is 0.0548. The van der Waals surface area contributed by atoms with Crippen LogP contribution >= 0.6 is 11.8 Å². The third-order valence-corrected chi connectivity index (χ3v) is 5.61. The van der Waals surface area contributed by atoms with Crippen molar-refractivity contribution in [2.75, 3.05) is 13.1 Å². The van der Waals surface area contributed by atoms with Crippen LogP contribution in [0.3, 0.4) is 0 Å². The Bertz CT molecular complexity index is 1250. The highest BCUT2D eigenvalue weighted by atomic mass is 32.2. The smallest absolute Gasteiger partial charge is 0.293 e. The van der Waals surface area contributed by atoms with Crippen LogP contribution < -0.4 is 5.32 Å². The molecule has 0 aliphatic carbocycles. The van der Waals surface area contributed by atoms with Crippen LogP contribution in [-0.4, -0.2) is 40.0 Å².